The van der Waals surface area contributed by atoms with Gasteiger partial charge in [-0.15, -0.1) is 0 Å². The normalized spacial score (nSPS) is 13.1. The number of benzene rings is 1. The van der Waals surface area contributed by atoms with Gasteiger partial charge in [-0.3, -0.25) is 0 Å². The lowest BCUT2D eigenvalue weighted by atomic mass is 9.90. The van der Waals surface area contributed by atoms with Crippen molar-refractivity contribution in [3.05, 3.63) is 60.2 Å². The van der Waals surface area contributed by atoms with Crippen molar-refractivity contribution in [3.63, 3.8) is 0 Å². The van der Waals surface area contributed by atoms with Crippen LogP contribution in [0.2, 0.25) is 0 Å². The summed E-state index contributed by atoms with van der Waals surface area (Å²) in [7, 11) is 0. The number of aromatic hydroxyl groups is 1. The van der Waals surface area contributed by atoms with Gasteiger partial charge in [-0.25, -0.2) is 0 Å². The summed E-state index contributed by atoms with van der Waals surface area (Å²) in [5.41, 5.74) is 7.74. The average molecular weight is 303 g/mol. The lowest BCUT2D eigenvalue weighted by molar-refractivity contribution is 0.475. The molecule has 1 unspecified atom stereocenters. The molecule has 0 bridgehead atoms. The summed E-state index contributed by atoms with van der Waals surface area (Å²) in [4.78, 5) is 0. The van der Waals surface area contributed by atoms with Crippen molar-refractivity contribution < 1.29 is 5.11 Å². The molecular weight excluding hydrogens is 282 g/mol. The molecule has 0 radical (unpaired) electrons. The Morgan fingerprint density at radius 2 is 1.74 bits per heavy atom. The van der Waals surface area contributed by atoms with Crippen LogP contribution >= 0.6 is 0 Å². The highest BCUT2D eigenvalue weighted by Crippen LogP contribution is 2.42. The number of hydrogen-bond acceptors (Lipinski definition) is 1. The van der Waals surface area contributed by atoms with Crippen LogP contribution in [0.3, 0.4) is 0 Å². The van der Waals surface area contributed by atoms with E-state index in [0.717, 1.165) is 0 Å². The van der Waals surface area contributed by atoms with E-state index in [0.29, 0.717) is 11.7 Å². The first-order valence-corrected chi connectivity index (χ1v) is 8.35. The third-order valence-electron chi connectivity index (χ3n) is 4.84. The third kappa shape index (κ3) is 2.09. The Balaban J connectivity index is 2.07. The summed E-state index contributed by atoms with van der Waals surface area (Å²) in [6, 6.07) is 18.5. The van der Waals surface area contributed by atoms with Crippen LogP contribution in [0.25, 0.3) is 27.7 Å². The van der Waals surface area contributed by atoms with E-state index in [9.17, 15) is 5.11 Å². The molecule has 0 aliphatic heterocycles. The molecule has 0 spiro atoms. The number of rotatable bonds is 4. The Bertz CT molecular complexity index is 949. The summed E-state index contributed by atoms with van der Waals surface area (Å²) in [5, 5.41) is 9.62. The number of nitrogens with zero attached hydrogens (tertiary/aromatic N) is 1. The second-order valence-electron chi connectivity index (χ2n) is 6.42. The minimum atomic E-state index is 0.313. The van der Waals surface area contributed by atoms with Crippen LogP contribution in [-0.4, -0.2) is 9.51 Å². The Morgan fingerprint density at radius 1 is 0.957 bits per heavy atom. The standard InChI is InChI=1S/C21H21NO/c1-3-5-14(2)20-18-7-4-6-16-10-13-19(22(16)18)21(20)15-8-11-17(23)12-9-15/h4,6-14,23H,3,5H2,1-2H3. The average Bonchev–Trinajstić information content (AvgIpc) is 3.12. The molecule has 116 valence electrons. The van der Waals surface area contributed by atoms with Crippen LogP contribution in [0.4, 0.5) is 0 Å². The Labute approximate surface area is 136 Å². The zero-order chi connectivity index (χ0) is 16.0. The predicted molar refractivity (Wildman–Crippen MR) is 96.5 cm³/mol. The van der Waals surface area contributed by atoms with Gasteiger partial charge in [0.2, 0.25) is 0 Å². The van der Waals surface area contributed by atoms with Crippen molar-refractivity contribution in [2.45, 2.75) is 32.6 Å². The van der Waals surface area contributed by atoms with Gasteiger partial charge in [-0.2, -0.15) is 0 Å². The summed E-state index contributed by atoms with van der Waals surface area (Å²) in [6.07, 6.45) is 2.36. The van der Waals surface area contributed by atoms with E-state index < -0.39 is 0 Å². The van der Waals surface area contributed by atoms with Crippen molar-refractivity contribution in [3.8, 4) is 16.9 Å². The Hall–Kier alpha value is -2.48. The molecular formula is C21H21NO. The summed E-state index contributed by atoms with van der Waals surface area (Å²) in [5.74, 6) is 0.822. The third-order valence-corrected chi connectivity index (χ3v) is 4.84. The molecule has 4 aromatic rings. The van der Waals surface area contributed by atoms with Crippen LogP contribution in [0.15, 0.2) is 54.6 Å². The van der Waals surface area contributed by atoms with Gasteiger partial charge in [0.1, 0.15) is 5.75 Å². The highest BCUT2D eigenvalue weighted by Gasteiger charge is 2.22. The van der Waals surface area contributed by atoms with Crippen molar-refractivity contribution >= 4 is 16.6 Å². The molecule has 1 N–H and O–H groups in total. The second-order valence-corrected chi connectivity index (χ2v) is 6.42. The van der Waals surface area contributed by atoms with E-state index in [4.69, 9.17) is 0 Å². The van der Waals surface area contributed by atoms with Gasteiger partial charge in [-0.05, 0) is 59.9 Å². The van der Waals surface area contributed by atoms with Crippen molar-refractivity contribution in [2.24, 2.45) is 0 Å². The topological polar surface area (TPSA) is 24.6 Å². The molecule has 0 amide bonds. The monoisotopic (exact) mass is 303 g/mol. The maximum absolute atomic E-state index is 9.62. The molecule has 1 aromatic carbocycles. The van der Waals surface area contributed by atoms with Gasteiger partial charge in [0.25, 0.3) is 0 Å². The smallest absolute Gasteiger partial charge is 0.115 e. The quantitative estimate of drug-likeness (QED) is 0.506. The van der Waals surface area contributed by atoms with Gasteiger partial charge >= 0.3 is 0 Å². The van der Waals surface area contributed by atoms with E-state index in [1.807, 2.05) is 12.1 Å². The number of phenolic OH excluding ortho intramolecular Hbond substituents is 1. The summed E-state index contributed by atoms with van der Waals surface area (Å²) in [6.45, 7) is 4.57. The van der Waals surface area contributed by atoms with E-state index in [1.54, 1.807) is 12.1 Å². The van der Waals surface area contributed by atoms with Gasteiger partial charge < -0.3 is 9.51 Å². The van der Waals surface area contributed by atoms with Gasteiger partial charge in [0.15, 0.2) is 0 Å². The Kier molecular flexibility index (Phi) is 3.26. The SMILES string of the molecule is CCCC(C)c1c(-c2ccc(O)cc2)c2ccc3cccc1n32. The fourth-order valence-corrected chi connectivity index (χ4v) is 3.84. The molecule has 1 atom stereocenters. The van der Waals surface area contributed by atoms with E-state index in [2.05, 4.69) is 48.6 Å². The van der Waals surface area contributed by atoms with Crippen LogP contribution in [0.5, 0.6) is 5.75 Å². The van der Waals surface area contributed by atoms with Crippen LogP contribution < -0.4 is 0 Å². The molecule has 2 heteroatoms. The molecule has 0 aliphatic rings. The molecule has 4 rings (SSSR count). The first kappa shape index (κ1) is 14.1. The van der Waals surface area contributed by atoms with E-state index >= 15 is 0 Å². The highest BCUT2D eigenvalue weighted by atomic mass is 16.3. The molecule has 0 aliphatic carbocycles. The van der Waals surface area contributed by atoms with Crippen LogP contribution in [-0.2, 0) is 0 Å². The molecule has 0 fully saturated rings. The number of aromatic nitrogens is 1. The predicted octanol–water partition coefficient (Wildman–Crippen LogP) is 5.81. The van der Waals surface area contributed by atoms with E-state index in [1.165, 1.54) is 46.1 Å². The molecule has 2 nitrogen and oxygen atoms in total. The van der Waals surface area contributed by atoms with E-state index in [-0.39, 0.29) is 0 Å². The lowest BCUT2D eigenvalue weighted by Crippen LogP contribution is -1.95. The molecule has 23 heavy (non-hydrogen) atoms. The molecule has 3 aromatic heterocycles. The van der Waals surface area contributed by atoms with Crippen molar-refractivity contribution in [2.75, 3.05) is 0 Å². The van der Waals surface area contributed by atoms with Gasteiger partial charge in [-0.1, -0.05) is 38.5 Å². The second kappa shape index (κ2) is 5.31. The number of pyridine rings is 1. The number of phenols is 1. The summed E-state index contributed by atoms with van der Waals surface area (Å²) < 4.78 is 2.36. The maximum Gasteiger partial charge on any atom is 0.115 e. The highest BCUT2D eigenvalue weighted by molar-refractivity contribution is 5.95. The van der Waals surface area contributed by atoms with Crippen molar-refractivity contribution in [1.29, 1.82) is 0 Å². The van der Waals surface area contributed by atoms with Crippen LogP contribution in [0.1, 0.15) is 38.2 Å². The fraction of sp³-hybridized carbons (Fsp3) is 0.238. The minimum absolute atomic E-state index is 0.313. The minimum Gasteiger partial charge on any atom is -0.508 e. The lowest BCUT2D eigenvalue weighted by Gasteiger charge is -2.13. The largest absolute Gasteiger partial charge is 0.508 e. The first-order chi connectivity index (χ1) is 11.2. The maximum atomic E-state index is 9.62. The van der Waals surface area contributed by atoms with Gasteiger partial charge in [0, 0.05) is 11.1 Å². The molecule has 0 saturated heterocycles. The summed E-state index contributed by atoms with van der Waals surface area (Å²) >= 11 is 0. The zero-order valence-electron chi connectivity index (χ0n) is 13.6. The van der Waals surface area contributed by atoms with Gasteiger partial charge in [0.05, 0.1) is 11.0 Å². The Morgan fingerprint density at radius 3 is 2.48 bits per heavy atom. The first-order valence-electron chi connectivity index (χ1n) is 8.35. The van der Waals surface area contributed by atoms with Crippen molar-refractivity contribution in [1.82, 2.24) is 4.40 Å². The molecule has 3 heterocycles. The molecule has 0 saturated carbocycles. The fourth-order valence-electron chi connectivity index (χ4n) is 3.84. The zero-order valence-corrected chi connectivity index (χ0v) is 13.6. The van der Waals surface area contributed by atoms with Crippen LogP contribution in [0, 0.1) is 0 Å². The number of hydrogen-bond donors (Lipinski definition) is 1.